The fourth-order valence-electron chi connectivity index (χ4n) is 3.69. The van der Waals surface area contributed by atoms with Crippen LogP contribution in [0.5, 0.6) is 0 Å². The van der Waals surface area contributed by atoms with Crippen molar-refractivity contribution in [3.63, 3.8) is 0 Å². The third-order valence-electron chi connectivity index (χ3n) is 5.48. The van der Waals surface area contributed by atoms with Gasteiger partial charge in [-0.2, -0.15) is 0 Å². The first-order chi connectivity index (χ1) is 17.0. The Morgan fingerprint density at radius 3 is 1.94 bits per heavy atom. The molecule has 35 heavy (non-hydrogen) atoms. The molecule has 3 aromatic carbocycles. The lowest BCUT2D eigenvalue weighted by Gasteiger charge is -2.36. The molecule has 1 saturated heterocycles. The van der Waals surface area contributed by atoms with Gasteiger partial charge in [0.1, 0.15) is 20.9 Å². The zero-order valence-corrected chi connectivity index (χ0v) is 22.2. The van der Waals surface area contributed by atoms with Crippen molar-refractivity contribution in [2.45, 2.75) is 21.5 Å². The molecule has 1 atom stereocenters. The summed E-state index contributed by atoms with van der Waals surface area (Å²) in [7, 11) is 0. The monoisotopic (exact) mass is 550 g/mol. The maximum absolute atomic E-state index is 13.5. The molecule has 0 radical (unpaired) electrons. The quantitative estimate of drug-likeness (QED) is 0.185. The molecule has 1 aliphatic heterocycles. The number of thioether (sulfide) groups is 4. The first-order valence-corrected chi connectivity index (χ1v) is 15.3. The maximum Gasteiger partial charge on any atom is 0.180 e. The van der Waals surface area contributed by atoms with Crippen molar-refractivity contribution < 1.29 is 18.0 Å². The molecule has 0 N–H and O–H groups in total. The van der Waals surface area contributed by atoms with Crippen molar-refractivity contribution in [1.82, 2.24) is 0 Å². The molecule has 1 heterocycles. The smallest absolute Gasteiger partial charge is 0.180 e. The van der Waals surface area contributed by atoms with Gasteiger partial charge in [-0.25, -0.2) is 13.2 Å². The Morgan fingerprint density at radius 2 is 1.34 bits per heavy atom. The van der Waals surface area contributed by atoms with Gasteiger partial charge in [-0.3, -0.25) is 4.79 Å². The number of halogens is 3. The number of carbonyl (C=O) groups is 1. The minimum atomic E-state index is -0.490. The Hall–Kier alpha value is -1.48. The van der Waals surface area contributed by atoms with Gasteiger partial charge in [0.05, 0.1) is 5.25 Å². The SMILES string of the molecule is O=C(c1ccc(F)cc1)C(SCCCSC1(c2ccc(F)cc2)SCCCS1)c1ccc(F)cc1. The highest BCUT2D eigenvalue weighted by Gasteiger charge is 2.36. The molecule has 1 aliphatic rings. The van der Waals surface area contributed by atoms with Crippen LogP contribution in [-0.4, -0.2) is 28.8 Å². The molecule has 1 nitrogen and oxygen atoms in total. The predicted octanol–water partition coefficient (Wildman–Crippen LogP) is 8.57. The molecule has 8 heteroatoms. The Bertz CT molecular complexity index is 1100. The van der Waals surface area contributed by atoms with Crippen LogP contribution in [0, 0.1) is 17.5 Å². The van der Waals surface area contributed by atoms with E-state index in [9.17, 15) is 18.0 Å². The summed E-state index contributed by atoms with van der Waals surface area (Å²) in [5.41, 5.74) is 2.30. The van der Waals surface area contributed by atoms with Gasteiger partial charge in [0.2, 0.25) is 0 Å². The van der Waals surface area contributed by atoms with Crippen molar-refractivity contribution in [2.75, 3.05) is 23.0 Å². The second-order valence-corrected chi connectivity index (χ2v) is 13.9. The Kier molecular flexibility index (Phi) is 9.61. The molecule has 0 saturated carbocycles. The second kappa shape index (κ2) is 12.7. The minimum Gasteiger partial charge on any atom is -0.293 e. The van der Waals surface area contributed by atoms with Crippen LogP contribution in [0.3, 0.4) is 0 Å². The predicted molar refractivity (Wildman–Crippen MR) is 147 cm³/mol. The van der Waals surface area contributed by atoms with Crippen molar-refractivity contribution in [2.24, 2.45) is 0 Å². The third-order valence-corrected chi connectivity index (χ3v) is 12.3. The van der Waals surface area contributed by atoms with E-state index in [1.165, 1.54) is 66.7 Å². The molecule has 1 unspecified atom stereocenters. The zero-order chi connectivity index (χ0) is 24.7. The topological polar surface area (TPSA) is 17.1 Å². The minimum absolute atomic E-state index is 0.115. The van der Waals surface area contributed by atoms with Crippen LogP contribution >= 0.6 is 47.0 Å². The fourth-order valence-corrected chi connectivity index (χ4v) is 10.3. The van der Waals surface area contributed by atoms with Crippen molar-refractivity contribution in [3.05, 3.63) is 107 Å². The van der Waals surface area contributed by atoms with Gasteiger partial charge in [0, 0.05) is 5.56 Å². The highest BCUT2D eigenvalue weighted by Crippen LogP contribution is 2.58. The number of Topliss-reactive ketones (excluding diaryl/α,β-unsaturated/α-hetero) is 1. The lowest BCUT2D eigenvalue weighted by molar-refractivity contribution is 0.0989. The number of hydrogen-bond donors (Lipinski definition) is 0. The van der Waals surface area contributed by atoms with Crippen molar-refractivity contribution >= 4 is 52.8 Å². The van der Waals surface area contributed by atoms with Crippen LogP contribution in [0.15, 0.2) is 72.8 Å². The van der Waals surface area contributed by atoms with E-state index in [2.05, 4.69) is 0 Å². The fraction of sp³-hybridized carbons (Fsp3) is 0.296. The summed E-state index contributed by atoms with van der Waals surface area (Å²) >= 11 is 7.23. The van der Waals surface area contributed by atoms with Gasteiger partial charge in [0.25, 0.3) is 0 Å². The van der Waals surface area contributed by atoms with Crippen LogP contribution in [0.4, 0.5) is 13.2 Å². The number of rotatable bonds is 10. The van der Waals surface area contributed by atoms with Crippen LogP contribution in [-0.2, 0) is 3.41 Å². The summed E-state index contributed by atoms with van der Waals surface area (Å²) in [6, 6.07) is 18.4. The molecular weight excluding hydrogens is 526 g/mol. The maximum atomic E-state index is 13.5. The zero-order valence-electron chi connectivity index (χ0n) is 18.9. The van der Waals surface area contributed by atoms with Crippen molar-refractivity contribution in [1.29, 1.82) is 0 Å². The van der Waals surface area contributed by atoms with Crippen molar-refractivity contribution in [3.8, 4) is 0 Å². The van der Waals surface area contributed by atoms with Gasteiger partial charge in [-0.15, -0.1) is 47.0 Å². The first kappa shape index (κ1) is 26.6. The van der Waals surface area contributed by atoms with Gasteiger partial charge in [-0.1, -0.05) is 24.3 Å². The van der Waals surface area contributed by atoms with Gasteiger partial charge in [-0.05, 0) is 95.5 Å². The number of hydrogen-bond acceptors (Lipinski definition) is 5. The molecule has 0 aromatic heterocycles. The van der Waals surface area contributed by atoms with E-state index in [4.69, 9.17) is 0 Å². The summed E-state index contributed by atoms with van der Waals surface area (Å²) in [5, 5.41) is -0.490. The molecule has 4 rings (SSSR count). The Labute approximate surface area is 221 Å². The van der Waals surface area contributed by atoms with E-state index in [0.717, 1.165) is 40.6 Å². The van der Waals surface area contributed by atoms with Crippen LogP contribution in [0.1, 0.15) is 39.6 Å². The van der Waals surface area contributed by atoms with Gasteiger partial charge < -0.3 is 0 Å². The Balaban J connectivity index is 1.40. The van der Waals surface area contributed by atoms with E-state index in [1.54, 1.807) is 12.1 Å². The summed E-state index contributed by atoms with van der Waals surface area (Å²) in [4.78, 5) is 13.2. The number of carbonyl (C=O) groups excluding carboxylic acids is 1. The molecular formula is C27H25F3OS4. The van der Waals surface area contributed by atoms with E-state index >= 15 is 0 Å². The highest BCUT2D eigenvalue weighted by atomic mass is 32.3. The summed E-state index contributed by atoms with van der Waals surface area (Å²) < 4.78 is 40.2. The summed E-state index contributed by atoms with van der Waals surface area (Å²) in [6.45, 7) is 0. The van der Waals surface area contributed by atoms with E-state index < -0.39 is 11.1 Å². The van der Waals surface area contributed by atoms with Crippen LogP contribution in [0.2, 0.25) is 0 Å². The molecule has 0 aliphatic carbocycles. The molecule has 0 amide bonds. The van der Waals surface area contributed by atoms with E-state index in [0.29, 0.717) is 5.56 Å². The van der Waals surface area contributed by atoms with Crippen LogP contribution < -0.4 is 0 Å². The number of benzene rings is 3. The first-order valence-electron chi connectivity index (χ1n) is 11.3. The normalized spacial score (nSPS) is 16.1. The van der Waals surface area contributed by atoms with Gasteiger partial charge in [0.15, 0.2) is 5.78 Å². The average molecular weight is 551 g/mol. The van der Waals surface area contributed by atoms with Gasteiger partial charge >= 0.3 is 0 Å². The van der Waals surface area contributed by atoms with E-state index in [1.807, 2.05) is 47.4 Å². The lowest BCUT2D eigenvalue weighted by Crippen LogP contribution is -2.19. The van der Waals surface area contributed by atoms with Crippen LogP contribution in [0.25, 0.3) is 0 Å². The number of ketones is 1. The molecule has 184 valence electrons. The summed E-state index contributed by atoms with van der Waals surface area (Å²) in [6.07, 6.45) is 2.05. The highest BCUT2D eigenvalue weighted by molar-refractivity contribution is 8.33. The largest absolute Gasteiger partial charge is 0.293 e. The lowest BCUT2D eigenvalue weighted by atomic mass is 10.0. The standard InChI is InChI=1S/C27H25F3OS4/c28-22-9-3-19(4-10-22)25(31)26(20-5-11-23(29)12-6-20)32-15-1-16-33-27(34-17-2-18-35-27)21-7-13-24(30)14-8-21/h3-14,26H,1-2,15-18H2. The molecule has 3 aromatic rings. The molecule has 0 bridgehead atoms. The molecule has 1 fully saturated rings. The molecule has 0 spiro atoms. The van der Waals surface area contributed by atoms with E-state index in [-0.39, 0.29) is 20.8 Å². The average Bonchev–Trinajstić information content (AvgIpc) is 2.88. The Morgan fingerprint density at radius 1 is 0.800 bits per heavy atom. The third kappa shape index (κ3) is 7.06. The second-order valence-electron chi connectivity index (χ2n) is 7.99. The summed E-state index contributed by atoms with van der Waals surface area (Å²) in [5.74, 6) is 2.71.